The molecule has 1 atom stereocenters. The molecule has 3 rings (SSSR count). The topological polar surface area (TPSA) is 87.0 Å². The molecule has 3 aromatic rings. The van der Waals surface area contributed by atoms with Crippen LogP contribution in [0.2, 0.25) is 0 Å². The molecule has 0 fully saturated rings. The van der Waals surface area contributed by atoms with E-state index < -0.39 is 0 Å². The van der Waals surface area contributed by atoms with Gasteiger partial charge in [-0.25, -0.2) is 9.97 Å². The summed E-state index contributed by atoms with van der Waals surface area (Å²) in [4.78, 5) is 14.9. The van der Waals surface area contributed by atoms with Crippen LogP contribution >= 0.6 is 0 Å². The Morgan fingerprint density at radius 2 is 1.92 bits per heavy atom. The Labute approximate surface area is 152 Å². The van der Waals surface area contributed by atoms with E-state index in [1.54, 1.807) is 6.20 Å². The lowest BCUT2D eigenvalue weighted by molar-refractivity contribution is 0.169. The predicted molar refractivity (Wildman–Crippen MR) is 100 cm³/mol. The van der Waals surface area contributed by atoms with Crippen molar-refractivity contribution >= 4 is 22.4 Å². The van der Waals surface area contributed by atoms with Gasteiger partial charge in [0.05, 0.1) is 6.20 Å². The number of fused-ring (bicyclic) bond motifs is 1. The Balaban J connectivity index is 1.83. The van der Waals surface area contributed by atoms with Crippen molar-refractivity contribution < 1.29 is 4.74 Å². The summed E-state index contributed by atoms with van der Waals surface area (Å²) in [6, 6.07) is 11.9. The fourth-order valence-corrected chi connectivity index (χ4v) is 2.62. The number of ether oxygens (including phenoxy) is 1. The third-order valence-electron chi connectivity index (χ3n) is 3.67. The summed E-state index contributed by atoms with van der Waals surface area (Å²) >= 11 is 0. The molecule has 1 N–H and O–H groups in total. The van der Waals surface area contributed by atoms with E-state index in [1.807, 2.05) is 62.3 Å². The number of nitriles is 1. The average Bonchev–Trinajstić information content (AvgIpc) is 2.61. The fourth-order valence-electron chi connectivity index (χ4n) is 2.62. The molecule has 26 heavy (non-hydrogen) atoms. The van der Waals surface area contributed by atoms with Crippen LogP contribution < -0.4 is 10.1 Å². The molecule has 0 amide bonds. The standard InChI is InChI=1S/C19H20N6O/c1-13(12-25(2)3)26-19-16(9-20)21-11-18(24-19)23-17-8-14-6-4-5-7-15(14)10-22-17/h4-8,10-11,13H,12H2,1-3H3,(H,22,23,24)/t13-/m1/s1. The Morgan fingerprint density at radius 3 is 2.65 bits per heavy atom. The van der Waals surface area contributed by atoms with Gasteiger partial charge in [0, 0.05) is 18.1 Å². The monoisotopic (exact) mass is 348 g/mol. The smallest absolute Gasteiger partial charge is 0.253 e. The quantitative estimate of drug-likeness (QED) is 0.733. The van der Waals surface area contributed by atoms with E-state index in [9.17, 15) is 5.26 Å². The minimum atomic E-state index is -0.125. The van der Waals surface area contributed by atoms with Crippen LogP contribution in [0.5, 0.6) is 5.88 Å². The van der Waals surface area contributed by atoms with Crippen LogP contribution in [0.1, 0.15) is 12.6 Å². The lowest BCUT2D eigenvalue weighted by Crippen LogP contribution is -2.28. The number of hydrogen-bond acceptors (Lipinski definition) is 7. The third-order valence-corrected chi connectivity index (χ3v) is 3.67. The minimum absolute atomic E-state index is 0.125. The maximum Gasteiger partial charge on any atom is 0.253 e. The highest BCUT2D eigenvalue weighted by Gasteiger charge is 2.13. The van der Waals surface area contributed by atoms with Gasteiger partial charge in [-0.3, -0.25) is 0 Å². The average molecular weight is 348 g/mol. The van der Waals surface area contributed by atoms with Gasteiger partial charge in [-0.2, -0.15) is 10.2 Å². The summed E-state index contributed by atoms with van der Waals surface area (Å²) in [6.45, 7) is 2.63. The van der Waals surface area contributed by atoms with Crippen LogP contribution in [-0.2, 0) is 0 Å². The van der Waals surface area contributed by atoms with Crippen molar-refractivity contribution in [1.29, 1.82) is 5.26 Å². The number of nitrogens with zero attached hydrogens (tertiary/aromatic N) is 5. The summed E-state index contributed by atoms with van der Waals surface area (Å²) in [5.41, 5.74) is 0.160. The maximum absolute atomic E-state index is 9.24. The van der Waals surface area contributed by atoms with Gasteiger partial charge < -0.3 is 15.0 Å². The first-order valence-corrected chi connectivity index (χ1v) is 8.25. The van der Waals surface area contributed by atoms with Crippen molar-refractivity contribution in [2.75, 3.05) is 26.0 Å². The molecule has 0 spiro atoms. The van der Waals surface area contributed by atoms with Crippen LogP contribution in [0.3, 0.4) is 0 Å². The number of rotatable bonds is 6. The number of hydrogen-bond donors (Lipinski definition) is 1. The van der Waals surface area contributed by atoms with Crippen molar-refractivity contribution in [3.63, 3.8) is 0 Å². The zero-order chi connectivity index (χ0) is 18.5. The third kappa shape index (κ3) is 4.23. The Bertz CT molecular complexity index is 950. The molecule has 0 saturated carbocycles. The van der Waals surface area contributed by atoms with Crippen LogP contribution in [0.25, 0.3) is 10.8 Å². The zero-order valence-electron chi connectivity index (χ0n) is 15.0. The molecule has 0 saturated heterocycles. The molecule has 0 aliphatic carbocycles. The van der Waals surface area contributed by atoms with Gasteiger partial charge in [0.25, 0.3) is 5.88 Å². The SMILES string of the molecule is C[C@H](CN(C)C)Oc1nc(Nc2cc3ccccc3cn2)cnc1C#N. The van der Waals surface area contributed by atoms with Crippen molar-refractivity contribution in [1.82, 2.24) is 19.9 Å². The van der Waals surface area contributed by atoms with Gasteiger partial charge in [-0.05, 0) is 32.5 Å². The summed E-state index contributed by atoms with van der Waals surface area (Å²) < 4.78 is 5.80. The number of aromatic nitrogens is 3. The number of anilines is 2. The summed E-state index contributed by atoms with van der Waals surface area (Å²) in [5, 5.41) is 14.5. The lowest BCUT2D eigenvalue weighted by Gasteiger charge is -2.18. The molecule has 0 aliphatic heterocycles. The van der Waals surface area contributed by atoms with Crippen molar-refractivity contribution in [2.45, 2.75) is 13.0 Å². The molecule has 132 valence electrons. The van der Waals surface area contributed by atoms with E-state index in [0.717, 1.165) is 10.8 Å². The number of likely N-dealkylation sites (N-methyl/N-ethyl adjacent to an activating group) is 1. The largest absolute Gasteiger partial charge is 0.471 e. The van der Waals surface area contributed by atoms with Gasteiger partial charge in [-0.15, -0.1) is 0 Å². The number of nitrogens with one attached hydrogen (secondary N) is 1. The van der Waals surface area contributed by atoms with Gasteiger partial charge in [0.2, 0.25) is 5.69 Å². The van der Waals surface area contributed by atoms with E-state index in [4.69, 9.17) is 4.74 Å². The van der Waals surface area contributed by atoms with E-state index in [0.29, 0.717) is 18.2 Å². The fraction of sp³-hybridized carbons (Fsp3) is 0.263. The molecular formula is C19H20N6O. The van der Waals surface area contributed by atoms with Crippen molar-refractivity contribution in [3.05, 3.63) is 48.4 Å². The highest BCUT2D eigenvalue weighted by molar-refractivity contribution is 5.84. The Morgan fingerprint density at radius 1 is 1.15 bits per heavy atom. The summed E-state index contributed by atoms with van der Waals surface area (Å²) in [7, 11) is 3.92. The molecule has 0 radical (unpaired) electrons. The van der Waals surface area contributed by atoms with Crippen molar-refractivity contribution in [2.24, 2.45) is 0 Å². The molecule has 0 bridgehead atoms. The lowest BCUT2D eigenvalue weighted by atomic mass is 10.2. The molecule has 7 nitrogen and oxygen atoms in total. The molecule has 2 heterocycles. The summed E-state index contributed by atoms with van der Waals surface area (Å²) in [5.74, 6) is 1.33. The van der Waals surface area contributed by atoms with E-state index in [1.165, 1.54) is 6.20 Å². The maximum atomic E-state index is 9.24. The molecule has 7 heteroatoms. The highest BCUT2D eigenvalue weighted by Crippen LogP contribution is 2.21. The predicted octanol–water partition coefficient (Wildman–Crippen LogP) is 2.97. The zero-order valence-corrected chi connectivity index (χ0v) is 15.0. The van der Waals surface area contributed by atoms with E-state index in [2.05, 4.69) is 20.3 Å². The number of benzene rings is 1. The van der Waals surface area contributed by atoms with Crippen LogP contribution in [0.4, 0.5) is 11.6 Å². The van der Waals surface area contributed by atoms with Crippen molar-refractivity contribution in [3.8, 4) is 11.9 Å². The first-order valence-electron chi connectivity index (χ1n) is 8.25. The second-order valence-corrected chi connectivity index (χ2v) is 6.25. The van der Waals surface area contributed by atoms with Gasteiger partial charge in [-0.1, -0.05) is 24.3 Å². The van der Waals surface area contributed by atoms with E-state index in [-0.39, 0.29) is 17.7 Å². The second kappa shape index (κ2) is 7.76. The molecule has 2 aromatic heterocycles. The van der Waals surface area contributed by atoms with Crippen LogP contribution in [-0.4, -0.2) is 46.6 Å². The minimum Gasteiger partial charge on any atom is -0.471 e. The normalized spacial score (nSPS) is 12.0. The van der Waals surface area contributed by atoms with Gasteiger partial charge in [0.15, 0.2) is 5.82 Å². The first-order chi connectivity index (χ1) is 12.5. The van der Waals surface area contributed by atoms with Gasteiger partial charge >= 0.3 is 0 Å². The molecule has 0 unspecified atom stereocenters. The van der Waals surface area contributed by atoms with Gasteiger partial charge in [0.1, 0.15) is 18.0 Å². The Hall–Kier alpha value is -3.24. The number of pyridine rings is 1. The second-order valence-electron chi connectivity index (χ2n) is 6.25. The first kappa shape index (κ1) is 17.6. The Kier molecular flexibility index (Phi) is 5.25. The highest BCUT2D eigenvalue weighted by atomic mass is 16.5. The van der Waals surface area contributed by atoms with E-state index >= 15 is 0 Å². The molecule has 0 aliphatic rings. The molecular weight excluding hydrogens is 328 g/mol. The van der Waals surface area contributed by atoms with Crippen LogP contribution in [0.15, 0.2) is 42.7 Å². The van der Waals surface area contributed by atoms with Crippen LogP contribution in [0, 0.1) is 11.3 Å². The summed E-state index contributed by atoms with van der Waals surface area (Å²) in [6.07, 6.45) is 3.17. The molecule has 1 aromatic carbocycles.